The third-order valence-corrected chi connectivity index (χ3v) is 2.98. The van der Waals surface area contributed by atoms with Crippen molar-refractivity contribution in [3.63, 3.8) is 0 Å². The highest BCUT2D eigenvalue weighted by atomic mass is 16.5. The van der Waals surface area contributed by atoms with Crippen LogP contribution in [-0.2, 0) is 9.53 Å². The van der Waals surface area contributed by atoms with Crippen LogP contribution >= 0.6 is 0 Å². The maximum atomic E-state index is 11.7. The Kier molecular flexibility index (Phi) is 5.22. The molecule has 0 aliphatic carbocycles. The van der Waals surface area contributed by atoms with Gasteiger partial charge in [-0.1, -0.05) is 13.8 Å². The van der Waals surface area contributed by atoms with Crippen molar-refractivity contribution in [3.05, 3.63) is 0 Å². The maximum absolute atomic E-state index is 11.7. The molecule has 0 saturated carbocycles. The molecular weight excluding hydrogens is 204 g/mol. The number of nitrogens with zero attached hydrogens (tertiary/aromatic N) is 1. The molecule has 0 spiro atoms. The van der Waals surface area contributed by atoms with Crippen LogP contribution in [0.5, 0.6) is 0 Å². The van der Waals surface area contributed by atoms with Gasteiger partial charge in [-0.25, -0.2) is 0 Å². The molecule has 16 heavy (non-hydrogen) atoms. The first-order chi connectivity index (χ1) is 7.49. The van der Waals surface area contributed by atoms with Gasteiger partial charge in [0.2, 0.25) is 0 Å². The van der Waals surface area contributed by atoms with Crippen molar-refractivity contribution >= 4 is 5.97 Å². The van der Waals surface area contributed by atoms with Crippen LogP contribution in [0.3, 0.4) is 0 Å². The minimum absolute atomic E-state index is 0.0712. The lowest BCUT2D eigenvalue weighted by Crippen LogP contribution is -2.40. The number of hydrogen-bond donors (Lipinski definition) is 1. The van der Waals surface area contributed by atoms with E-state index in [1.807, 2.05) is 0 Å². The molecule has 1 saturated heterocycles. The number of likely N-dealkylation sites (tertiary alicyclic amines) is 1. The van der Waals surface area contributed by atoms with Gasteiger partial charge in [-0.15, -0.1) is 0 Å². The van der Waals surface area contributed by atoms with Gasteiger partial charge in [-0.3, -0.25) is 4.79 Å². The molecule has 4 heteroatoms. The number of piperidine rings is 1. The highest BCUT2D eigenvalue weighted by Gasteiger charge is 2.23. The SMILES string of the molecule is CC(C)C[C@H](N)C(=O)OC1CCN(C)CC1. The van der Waals surface area contributed by atoms with Crippen LogP contribution in [0.4, 0.5) is 0 Å². The normalized spacial score (nSPS) is 21.1. The number of rotatable bonds is 4. The van der Waals surface area contributed by atoms with Crippen molar-refractivity contribution in [2.45, 2.75) is 45.3 Å². The average molecular weight is 228 g/mol. The Morgan fingerprint density at radius 2 is 2.00 bits per heavy atom. The van der Waals surface area contributed by atoms with Gasteiger partial charge in [0, 0.05) is 13.1 Å². The number of carbonyl (C=O) groups is 1. The second-order valence-corrected chi connectivity index (χ2v) is 5.18. The fourth-order valence-electron chi connectivity index (χ4n) is 1.96. The summed E-state index contributed by atoms with van der Waals surface area (Å²) in [4.78, 5) is 13.9. The minimum Gasteiger partial charge on any atom is -0.461 e. The number of nitrogens with two attached hydrogens (primary N) is 1. The third kappa shape index (κ3) is 4.49. The van der Waals surface area contributed by atoms with Gasteiger partial charge in [0.15, 0.2) is 0 Å². The molecule has 1 aliphatic rings. The Hall–Kier alpha value is -0.610. The first kappa shape index (κ1) is 13.5. The molecule has 0 unspecified atom stereocenters. The first-order valence-corrected chi connectivity index (χ1v) is 6.13. The molecule has 4 nitrogen and oxygen atoms in total. The average Bonchev–Trinajstić information content (AvgIpc) is 2.20. The lowest BCUT2D eigenvalue weighted by atomic mass is 10.0. The zero-order valence-corrected chi connectivity index (χ0v) is 10.6. The van der Waals surface area contributed by atoms with Gasteiger partial charge in [0.05, 0.1) is 0 Å². The van der Waals surface area contributed by atoms with Gasteiger partial charge >= 0.3 is 5.97 Å². The van der Waals surface area contributed by atoms with E-state index in [0.29, 0.717) is 12.3 Å². The quantitative estimate of drug-likeness (QED) is 0.729. The molecule has 1 rings (SSSR count). The topological polar surface area (TPSA) is 55.6 Å². The second kappa shape index (κ2) is 6.21. The molecule has 0 aromatic carbocycles. The summed E-state index contributed by atoms with van der Waals surface area (Å²) >= 11 is 0. The standard InChI is InChI=1S/C12H24N2O2/c1-9(2)8-11(13)12(15)16-10-4-6-14(3)7-5-10/h9-11H,4-8,13H2,1-3H3/t11-/m0/s1. The summed E-state index contributed by atoms with van der Waals surface area (Å²) in [5.74, 6) is 0.197. The molecule has 0 aromatic heterocycles. The predicted molar refractivity (Wildman–Crippen MR) is 64.0 cm³/mol. The minimum atomic E-state index is -0.459. The lowest BCUT2D eigenvalue weighted by Gasteiger charge is -2.29. The second-order valence-electron chi connectivity index (χ2n) is 5.18. The fourth-order valence-corrected chi connectivity index (χ4v) is 1.96. The Labute approximate surface area is 98.1 Å². The highest BCUT2D eigenvalue weighted by Crippen LogP contribution is 2.14. The van der Waals surface area contributed by atoms with Gasteiger partial charge in [0.25, 0.3) is 0 Å². The summed E-state index contributed by atoms with van der Waals surface area (Å²) in [6.07, 6.45) is 2.63. The first-order valence-electron chi connectivity index (χ1n) is 6.13. The summed E-state index contributed by atoms with van der Waals surface area (Å²) in [5, 5.41) is 0. The Bertz CT molecular complexity index is 223. The summed E-state index contributed by atoms with van der Waals surface area (Å²) in [5.41, 5.74) is 5.78. The van der Waals surface area contributed by atoms with E-state index in [2.05, 4.69) is 25.8 Å². The highest BCUT2D eigenvalue weighted by molar-refractivity contribution is 5.75. The molecule has 0 radical (unpaired) electrons. The molecule has 94 valence electrons. The van der Waals surface area contributed by atoms with E-state index in [9.17, 15) is 4.79 Å². The van der Waals surface area contributed by atoms with Crippen molar-refractivity contribution in [1.82, 2.24) is 4.90 Å². The van der Waals surface area contributed by atoms with E-state index in [-0.39, 0.29) is 12.1 Å². The number of carbonyl (C=O) groups excluding carboxylic acids is 1. The molecule has 1 aliphatic heterocycles. The van der Waals surface area contributed by atoms with Crippen LogP contribution < -0.4 is 5.73 Å². The summed E-state index contributed by atoms with van der Waals surface area (Å²) in [6.45, 7) is 6.11. The fraction of sp³-hybridized carbons (Fsp3) is 0.917. The van der Waals surface area contributed by atoms with E-state index < -0.39 is 6.04 Å². The molecule has 1 atom stereocenters. The zero-order valence-electron chi connectivity index (χ0n) is 10.6. The van der Waals surface area contributed by atoms with Gasteiger partial charge in [-0.2, -0.15) is 0 Å². The van der Waals surface area contributed by atoms with Crippen LogP contribution in [-0.4, -0.2) is 43.2 Å². The van der Waals surface area contributed by atoms with E-state index in [4.69, 9.17) is 10.5 Å². The van der Waals surface area contributed by atoms with E-state index in [1.165, 1.54) is 0 Å². The summed E-state index contributed by atoms with van der Waals surface area (Å²) in [7, 11) is 2.09. The van der Waals surface area contributed by atoms with Crippen molar-refractivity contribution in [1.29, 1.82) is 0 Å². The Morgan fingerprint density at radius 1 is 1.44 bits per heavy atom. The molecule has 0 aromatic rings. The molecular formula is C12H24N2O2. The lowest BCUT2D eigenvalue weighted by molar-refractivity contribution is -0.153. The maximum Gasteiger partial charge on any atom is 0.323 e. The van der Waals surface area contributed by atoms with Crippen LogP contribution in [0.15, 0.2) is 0 Å². The molecule has 2 N–H and O–H groups in total. The predicted octanol–water partition coefficient (Wildman–Crippen LogP) is 0.997. The van der Waals surface area contributed by atoms with Crippen LogP contribution in [0, 0.1) is 5.92 Å². The van der Waals surface area contributed by atoms with Gasteiger partial charge in [0.1, 0.15) is 12.1 Å². The summed E-state index contributed by atoms with van der Waals surface area (Å²) < 4.78 is 5.41. The smallest absolute Gasteiger partial charge is 0.323 e. The van der Waals surface area contributed by atoms with E-state index >= 15 is 0 Å². The molecule has 1 heterocycles. The Balaban J connectivity index is 2.28. The molecule has 1 fully saturated rings. The monoisotopic (exact) mass is 228 g/mol. The number of ether oxygens (including phenoxy) is 1. The van der Waals surface area contributed by atoms with Crippen molar-refractivity contribution in [3.8, 4) is 0 Å². The van der Waals surface area contributed by atoms with Crippen molar-refractivity contribution in [2.24, 2.45) is 11.7 Å². The van der Waals surface area contributed by atoms with Crippen LogP contribution in [0.25, 0.3) is 0 Å². The largest absolute Gasteiger partial charge is 0.461 e. The number of esters is 1. The summed E-state index contributed by atoms with van der Waals surface area (Å²) in [6, 6.07) is -0.459. The van der Waals surface area contributed by atoms with Crippen molar-refractivity contribution < 1.29 is 9.53 Å². The molecule has 0 amide bonds. The molecule has 0 bridgehead atoms. The number of hydrogen-bond acceptors (Lipinski definition) is 4. The Morgan fingerprint density at radius 3 is 2.50 bits per heavy atom. The van der Waals surface area contributed by atoms with Gasteiger partial charge < -0.3 is 15.4 Å². The van der Waals surface area contributed by atoms with Crippen LogP contribution in [0.1, 0.15) is 33.1 Å². The van der Waals surface area contributed by atoms with E-state index in [1.54, 1.807) is 0 Å². The zero-order chi connectivity index (χ0) is 12.1. The third-order valence-electron chi connectivity index (χ3n) is 2.98. The van der Waals surface area contributed by atoms with Crippen LogP contribution in [0.2, 0.25) is 0 Å². The van der Waals surface area contributed by atoms with Crippen molar-refractivity contribution in [2.75, 3.05) is 20.1 Å². The van der Waals surface area contributed by atoms with E-state index in [0.717, 1.165) is 25.9 Å². The van der Waals surface area contributed by atoms with Gasteiger partial charge in [-0.05, 0) is 32.2 Å².